The SMILES string of the molecule is CCCCCCCCCCCC/C=C/CC/C=C/C(O)C(COP(=O)([O-])OCC[N+](C)(C)C)NC(=O)CCCCCCCCCCCCCCCCCCC/C=C\C/C=C\CCCCCCCCCCCCCCCCC. The van der Waals surface area contributed by atoms with E-state index < -0.39 is 26.6 Å². The van der Waals surface area contributed by atoms with Gasteiger partial charge in [0.15, 0.2) is 0 Å². The van der Waals surface area contributed by atoms with E-state index in [-0.39, 0.29) is 12.5 Å². The number of aliphatic hydroxyl groups is 1. The number of rotatable bonds is 62. The lowest BCUT2D eigenvalue weighted by Gasteiger charge is -2.29. The highest BCUT2D eigenvalue weighted by Crippen LogP contribution is 2.38. The van der Waals surface area contributed by atoms with Gasteiger partial charge in [0.1, 0.15) is 13.2 Å². The molecule has 0 fully saturated rings. The number of quaternary nitrogens is 1. The van der Waals surface area contributed by atoms with Crippen LogP contribution in [0.2, 0.25) is 0 Å². The number of likely N-dealkylation sites (N-methyl/N-ethyl adjacent to an activating group) is 1. The van der Waals surface area contributed by atoms with Crippen LogP contribution in [0.25, 0.3) is 0 Å². The van der Waals surface area contributed by atoms with Gasteiger partial charge in [-0.1, -0.05) is 306 Å². The fraction of sp³-hybridized carbons (Fsp3) is 0.868. The molecular weight excluding hydrogens is 972 g/mol. The van der Waals surface area contributed by atoms with Crippen molar-refractivity contribution in [3.8, 4) is 0 Å². The van der Waals surface area contributed by atoms with E-state index in [2.05, 4.69) is 55.6 Å². The monoisotopic (exact) mass is 1100 g/mol. The van der Waals surface area contributed by atoms with Gasteiger partial charge in [-0.05, 0) is 64.2 Å². The number of carbonyl (C=O) groups is 1. The summed E-state index contributed by atoms with van der Waals surface area (Å²) in [5.41, 5.74) is 0. The molecule has 77 heavy (non-hydrogen) atoms. The first kappa shape index (κ1) is 75.5. The number of phosphoric acid groups is 1. The minimum Gasteiger partial charge on any atom is -0.756 e. The number of unbranched alkanes of at least 4 members (excludes halogenated alkanes) is 43. The van der Waals surface area contributed by atoms with Crippen molar-refractivity contribution in [2.24, 2.45) is 0 Å². The molecule has 0 aromatic carbocycles. The third-order valence-electron chi connectivity index (χ3n) is 15.3. The predicted molar refractivity (Wildman–Crippen MR) is 334 cm³/mol. The fourth-order valence-electron chi connectivity index (χ4n) is 10.0. The maximum absolute atomic E-state index is 13.0. The van der Waals surface area contributed by atoms with E-state index in [4.69, 9.17) is 9.05 Å². The fourth-order valence-corrected chi connectivity index (χ4v) is 10.8. The Morgan fingerprint density at radius 1 is 0.455 bits per heavy atom. The summed E-state index contributed by atoms with van der Waals surface area (Å²) in [5, 5.41) is 13.9. The number of hydrogen-bond donors (Lipinski definition) is 2. The molecule has 0 aliphatic carbocycles. The smallest absolute Gasteiger partial charge is 0.268 e. The van der Waals surface area contributed by atoms with Gasteiger partial charge in [0.25, 0.3) is 7.82 Å². The summed E-state index contributed by atoms with van der Waals surface area (Å²) in [6, 6.07) is -0.904. The van der Waals surface area contributed by atoms with Gasteiger partial charge in [0.2, 0.25) is 5.91 Å². The van der Waals surface area contributed by atoms with Gasteiger partial charge < -0.3 is 28.8 Å². The molecule has 0 bridgehead atoms. The van der Waals surface area contributed by atoms with E-state index in [9.17, 15) is 19.4 Å². The number of nitrogens with one attached hydrogen (secondary N) is 1. The molecule has 454 valence electrons. The highest BCUT2D eigenvalue weighted by atomic mass is 31.2. The number of allylic oxidation sites excluding steroid dienone is 7. The Bertz CT molecular complexity index is 1390. The van der Waals surface area contributed by atoms with Crippen LogP contribution in [0.15, 0.2) is 48.6 Å². The zero-order chi connectivity index (χ0) is 56.3. The summed E-state index contributed by atoms with van der Waals surface area (Å²) in [6.07, 6.45) is 79.6. The summed E-state index contributed by atoms with van der Waals surface area (Å²) < 4.78 is 23.4. The molecule has 0 saturated carbocycles. The van der Waals surface area contributed by atoms with Crippen LogP contribution in [0.3, 0.4) is 0 Å². The molecule has 0 aliphatic rings. The molecule has 0 saturated heterocycles. The number of phosphoric ester groups is 1. The summed E-state index contributed by atoms with van der Waals surface area (Å²) >= 11 is 0. The lowest BCUT2D eigenvalue weighted by Crippen LogP contribution is -2.45. The van der Waals surface area contributed by atoms with Crippen LogP contribution in [0.4, 0.5) is 0 Å². The van der Waals surface area contributed by atoms with Crippen molar-refractivity contribution in [1.82, 2.24) is 5.32 Å². The van der Waals surface area contributed by atoms with Crippen LogP contribution in [0, 0.1) is 0 Å². The number of nitrogens with zero attached hydrogens (tertiary/aromatic N) is 1. The minimum absolute atomic E-state index is 0.00595. The quantitative estimate of drug-likeness (QED) is 0.0272. The van der Waals surface area contributed by atoms with E-state index in [1.165, 1.54) is 263 Å². The second kappa shape index (κ2) is 59.1. The average Bonchev–Trinajstić information content (AvgIpc) is 3.39. The van der Waals surface area contributed by atoms with Gasteiger partial charge >= 0.3 is 0 Å². The van der Waals surface area contributed by atoms with Crippen molar-refractivity contribution in [2.45, 2.75) is 341 Å². The Hall–Kier alpha value is -1.54. The molecule has 1 amide bonds. The molecule has 0 spiro atoms. The molecule has 0 aromatic rings. The van der Waals surface area contributed by atoms with Crippen molar-refractivity contribution in [1.29, 1.82) is 0 Å². The third kappa shape index (κ3) is 61.9. The second-order valence-electron chi connectivity index (χ2n) is 24.2. The number of aliphatic hydroxyl groups excluding tert-OH is 1. The molecule has 0 aliphatic heterocycles. The van der Waals surface area contributed by atoms with E-state index >= 15 is 0 Å². The van der Waals surface area contributed by atoms with E-state index in [1.807, 2.05) is 27.2 Å². The first-order chi connectivity index (χ1) is 37.5. The number of carbonyl (C=O) groups excluding carboxylic acids is 1. The zero-order valence-corrected chi connectivity index (χ0v) is 52.8. The Balaban J connectivity index is 3.95. The first-order valence-corrected chi connectivity index (χ1v) is 35.0. The van der Waals surface area contributed by atoms with Gasteiger partial charge in [-0.2, -0.15) is 0 Å². The highest BCUT2D eigenvalue weighted by Gasteiger charge is 2.23. The van der Waals surface area contributed by atoms with Crippen molar-refractivity contribution < 1.29 is 32.9 Å². The summed E-state index contributed by atoms with van der Waals surface area (Å²) in [7, 11) is 1.25. The van der Waals surface area contributed by atoms with Crippen LogP contribution in [-0.4, -0.2) is 68.5 Å². The average molecular weight is 1100 g/mol. The van der Waals surface area contributed by atoms with Crippen LogP contribution < -0.4 is 10.2 Å². The Morgan fingerprint density at radius 3 is 1.13 bits per heavy atom. The zero-order valence-electron chi connectivity index (χ0n) is 51.9. The van der Waals surface area contributed by atoms with Gasteiger partial charge in [-0.25, -0.2) is 0 Å². The number of hydrogen-bond acceptors (Lipinski definition) is 6. The molecule has 9 heteroatoms. The Labute approximate surface area is 479 Å². The molecule has 0 heterocycles. The molecule has 3 unspecified atom stereocenters. The van der Waals surface area contributed by atoms with Gasteiger partial charge in [-0.3, -0.25) is 9.36 Å². The maximum Gasteiger partial charge on any atom is 0.268 e. The Morgan fingerprint density at radius 2 is 0.766 bits per heavy atom. The molecule has 0 aromatic heterocycles. The van der Waals surface area contributed by atoms with Crippen LogP contribution in [0.5, 0.6) is 0 Å². The molecule has 2 N–H and O–H groups in total. The first-order valence-electron chi connectivity index (χ1n) is 33.5. The summed E-state index contributed by atoms with van der Waals surface area (Å²) in [4.78, 5) is 25.5. The third-order valence-corrected chi connectivity index (χ3v) is 16.2. The lowest BCUT2D eigenvalue weighted by atomic mass is 10.0. The van der Waals surface area contributed by atoms with E-state index in [0.29, 0.717) is 17.4 Å². The van der Waals surface area contributed by atoms with Crippen molar-refractivity contribution in [3.05, 3.63) is 48.6 Å². The second-order valence-corrected chi connectivity index (χ2v) is 25.6. The van der Waals surface area contributed by atoms with Crippen molar-refractivity contribution >= 4 is 13.7 Å². The van der Waals surface area contributed by atoms with Gasteiger partial charge in [0, 0.05) is 6.42 Å². The summed E-state index contributed by atoms with van der Waals surface area (Å²) in [5.74, 6) is -0.204. The molecule has 0 rings (SSSR count). The van der Waals surface area contributed by atoms with Gasteiger partial charge in [0.05, 0.1) is 39.9 Å². The van der Waals surface area contributed by atoms with E-state index in [0.717, 1.165) is 44.9 Å². The topological polar surface area (TPSA) is 108 Å². The van der Waals surface area contributed by atoms with Crippen molar-refractivity contribution in [2.75, 3.05) is 40.9 Å². The molecule has 0 radical (unpaired) electrons. The van der Waals surface area contributed by atoms with Crippen LogP contribution in [0.1, 0.15) is 328 Å². The van der Waals surface area contributed by atoms with Crippen LogP contribution >= 0.6 is 7.82 Å². The number of amides is 1. The van der Waals surface area contributed by atoms with Crippen molar-refractivity contribution in [3.63, 3.8) is 0 Å². The molecule has 8 nitrogen and oxygen atoms in total. The van der Waals surface area contributed by atoms with E-state index in [1.54, 1.807) is 6.08 Å². The minimum atomic E-state index is -4.61. The maximum atomic E-state index is 13.0. The highest BCUT2D eigenvalue weighted by molar-refractivity contribution is 7.45. The predicted octanol–water partition coefficient (Wildman–Crippen LogP) is 20.4. The largest absolute Gasteiger partial charge is 0.756 e. The Kier molecular flexibility index (Phi) is 57.9. The standard InChI is InChI=1S/C68H131N2O6P/c1-6-8-10-12-14-16-18-20-22-24-25-26-27-28-29-30-31-32-33-34-35-36-37-38-39-40-41-42-43-44-45-46-48-50-52-54-56-58-60-62-68(72)69-66(65-76-77(73,74)75-64-63-70(3,4)5)67(71)61-59-57-55-53-51-49-47-23-21-19-17-15-13-11-9-7-2/h31-32,34-35,51,53,59,61,66-67,71H,6-30,33,36-50,52,54-58,60,62-65H2,1-5H3,(H-,69,72,73,74)/b32-31-,35-34-,53-51+,61-59+. The lowest BCUT2D eigenvalue weighted by molar-refractivity contribution is -0.870. The summed E-state index contributed by atoms with van der Waals surface area (Å²) in [6.45, 7) is 4.66. The normalized spacial score (nSPS) is 14.0. The molecular formula is C68H131N2O6P. The molecule has 3 atom stereocenters. The van der Waals surface area contributed by atoms with Gasteiger partial charge in [-0.15, -0.1) is 0 Å². The van der Waals surface area contributed by atoms with Crippen LogP contribution in [-0.2, 0) is 18.4 Å².